The van der Waals surface area contributed by atoms with Gasteiger partial charge in [0.1, 0.15) is 12.4 Å². The Morgan fingerprint density at radius 2 is 2.26 bits per heavy atom. The van der Waals surface area contributed by atoms with Gasteiger partial charge in [-0.05, 0) is 18.2 Å². The van der Waals surface area contributed by atoms with Crippen LogP contribution in [0.2, 0.25) is 0 Å². The van der Waals surface area contributed by atoms with Crippen LogP contribution in [0.25, 0.3) is 10.9 Å². The lowest BCUT2D eigenvalue weighted by molar-refractivity contribution is 0.320. The van der Waals surface area contributed by atoms with Crippen molar-refractivity contribution >= 4 is 17.1 Å². The molecule has 0 bridgehead atoms. The first-order valence-corrected chi connectivity index (χ1v) is 5.68. The summed E-state index contributed by atoms with van der Waals surface area (Å²) in [4.78, 5) is 4.39. The second-order valence-electron chi connectivity index (χ2n) is 3.79. The Balaban J connectivity index is 2.54. The predicted molar refractivity (Wildman–Crippen MR) is 73.4 cm³/mol. The van der Waals surface area contributed by atoms with E-state index in [9.17, 15) is 0 Å². The molecule has 1 N–H and O–H groups in total. The largest absolute Gasteiger partial charge is 0.497 e. The van der Waals surface area contributed by atoms with Crippen molar-refractivity contribution in [2.45, 2.75) is 0 Å². The van der Waals surface area contributed by atoms with Gasteiger partial charge in [-0.3, -0.25) is 0 Å². The van der Waals surface area contributed by atoms with Gasteiger partial charge in [-0.2, -0.15) is 0 Å². The molecule has 0 fully saturated rings. The van der Waals surface area contributed by atoms with Crippen LogP contribution in [-0.2, 0) is 0 Å². The van der Waals surface area contributed by atoms with Gasteiger partial charge in [-0.15, -0.1) is 0 Å². The molecule has 0 aliphatic carbocycles. The van der Waals surface area contributed by atoms with Gasteiger partial charge >= 0.3 is 0 Å². The van der Waals surface area contributed by atoms with Crippen molar-refractivity contribution in [2.75, 3.05) is 13.7 Å². The average Bonchev–Trinajstić information content (AvgIpc) is 2.44. The summed E-state index contributed by atoms with van der Waals surface area (Å²) in [6.45, 7) is 3.91. The van der Waals surface area contributed by atoms with Crippen molar-refractivity contribution in [3.63, 3.8) is 0 Å². The second-order valence-corrected chi connectivity index (χ2v) is 3.79. The highest BCUT2D eigenvalue weighted by Gasteiger charge is 2.07. The molecular formula is C14H14N2O3. The van der Waals surface area contributed by atoms with Crippen LogP contribution in [0.1, 0.15) is 5.56 Å². The fourth-order valence-corrected chi connectivity index (χ4v) is 1.68. The van der Waals surface area contributed by atoms with Crippen LogP contribution in [0.4, 0.5) is 0 Å². The molecule has 0 saturated carbocycles. The molecule has 0 aliphatic rings. The normalized spacial score (nSPS) is 10.8. The van der Waals surface area contributed by atoms with E-state index in [2.05, 4.69) is 16.7 Å². The molecule has 2 aromatic rings. The van der Waals surface area contributed by atoms with Crippen molar-refractivity contribution in [3.8, 4) is 11.6 Å². The van der Waals surface area contributed by atoms with E-state index in [1.54, 1.807) is 13.2 Å². The Morgan fingerprint density at radius 3 is 2.95 bits per heavy atom. The molecule has 0 unspecified atom stereocenters. The Kier molecular flexibility index (Phi) is 3.97. The van der Waals surface area contributed by atoms with E-state index in [1.165, 1.54) is 6.21 Å². The van der Waals surface area contributed by atoms with Crippen molar-refractivity contribution in [3.05, 3.63) is 42.5 Å². The monoisotopic (exact) mass is 258 g/mol. The minimum absolute atomic E-state index is 0.328. The standard InChI is InChI=1S/C14H14N2O3/c1-3-6-19-14-11(9-15-17)7-10-4-5-12(18-2)8-13(10)16-14/h3-5,7-9,17H,1,6H2,2H3/b15-9-. The zero-order chi connectivity index (χ0) is 13.7. The summed E-state index contributed by atoms with van der Waals surface area (Å²) in [7, 11) is 1.60. The van der Waals surface area contributed by atoms with Gasteiger partial charge in [-0.25, -0.2) is 4.98 Å². The van der Waals surface area contributed by atoms with Gasteiger partial charge < -0.3 is 14.7 Å². The molecule has 19 heavy (non-hydrogen) atoms. The number of ether oxygens (including phenoxy) is 2. The summed E-state index contributed by atoms with van der Waals surface area (Å²) in [5, 5.41) is 12.6. The zero-order valence-corrected chi connectivity index (χ0v) is 10.5. The fraction of sp³-hybridized carbons (Fsp3) is 0.143. The summed E-state index contributed by atoms with van der Waals surface area (Å²) >= 11 is 0. The van der Waals surface area contributed by atoms with Crippen LogP contribution >= 0.6 is 0 Å². The maximum absolute atomic E-state index is 8.67. The number of benzene rings is 1. The molecule has 0 atom stereocenters. The quantitative estimate of drug-likeness (QED) is 0.387. The van der Waals surface area contributed by atoms with E-state index in [4.69, 9.17) is 14.7 Å². The van der Waals surface area contributed by atoms with E-state index in [1.807, 2.05) is 24.3 Å². The summed E-state index contributed by atoms with van der Waals surface area (Å²) in [5.41, 5.74) is 1.34. The highest BCUT2D eigenvalue weighted by Crippen LogP contribution is 2.24. The van der Waals surface area contributed by atoms with Crippen LogP contribution in [0.3, 0.4) is 0 Å². The number of methoxy groups -OCH3 is 1. The van der Waals surface area contributed by atoms with E-state index >= 15 is 0 Å². The molecule has 0 spiro atoms. The maximum Gasteiger partial charge on any atom is 0.223 e. The third kappa shape index (κ3) is 2.82. The molecule has 1 aromatic carbocycles. The third-order valence-corrected chi connectivity index (χ3v) is 2.55. The van der Waals surface area contributed by atoms with E-state index in [0.29, 0.717) is 18.1 Å². The van der Waals surface area contributed by atoms with E-state index < -0.39 is 0 Å². The average molecular weight is 258 g/mol. The number of fused-ring (bicyclic) bond motifs is 1. The lowest BCUT2D eigenvalue weighted by Crippen LogP contribution is -2.00. The van der Waals surface area contributed by atoms with Crippen molar-refractivity contribution in [1.29, 1.82) is 0 Å². The highest BCUT2D eigenvalue weighted by molar-refractivity contribution is 5.90. The maximum atomic E-state index is 8.67. The summed E-state index contributed by atoms with van der Waals surface area (Å²) < 4.78 is 10.6. The Labute approximate surface area is 110 Å². The van der Waals surface area contributed by atoms with Crippen molar-refractivity contribution < 1.29 is 14.7 Å². The number of nitrogens with zero attached hydrogens (tertiary/aromatic N) is 2. The lowest BCUT2D eigenvalue weighted by atomic mass is 10.1. The third-order valence-electron chi connectivity index (χ3n) is 2.55. The number of aromatic nitrogens is 1. The first-order valence-electron chi connectivity index (χ1n) is 5.68. The smallest absolute Gasteiger partial charge is 0.223 e. The molecule has 5 nitrogen and oxygen atoms in total. The molecule has 98 valence electrons. The lowest BCUT2D eigenvalue weighted by Gasteiger charge is -2.08. The first-order chi connectivity index (χ1) is 9.28. The predicted octanol–water partition coefficient (Wildman–Crippen LogP) is 2.62. The minimum atomic E-state index is 0.328. The molecule has 0 amide bonds. The van der Waals surface area contributed by atoms with Crippen molar-refractivity contribution in [1.82, 2.24) is 4.98 Å². The summed E-state index contributed by atoms with van der Waals surface area (Å²) in [5.74, 6) is 1.11. The highest BCUT2D eigenvalue weighted by atomic mass is 16.5. The van der Waals surface area contributed by atoms with Crippen LogP contribution < -0.4 is 9.47 Å². The first kappa shape index (κ1) is 12.9. The van der Waals surface area contributed by atoms with Crippen LogP contribution in [-0.4, -0.2) is 30.1 Å². The molecular weight excluding hydrogens is 244 g/mol. The minimum Gasteiger partial charge on any atom is -0.497 e. The topological polar surface area (TPSA) is 63.9 Å². The van der Waals surface area contributed by atoms with Gasteiger partial charge in [0.05, 0.1) is 24.4 Å². The molecule has 0 aliphatic heterocycles. The van der Waals surface area contributed by atoms with Crippen LogP contribution in [0.15, 0.2) is 42.1 Å². The van der Waals surface area contributed by atoms with E-state index in [0.717, 1.165) is 16.7 Å². The van der Waals surface area contributed by atoms with Gasteiger partial charge in [0.25, 0.3) is 0 Å². The Morgan fingerprint density at radius 1 is 1.42 bits per heavy atom. The zero-order valence-electron chi connectivity index (χ0n) is 10.5. The Bertz CT molecular complexity index is 623. The van der Waals surface area contributed by atoms with Gasteiger partial charge in [-0.1, -0.05) is 17.8 Å². The molecule has 0 radical (unpaired) electrons. The van der Waals surface area contributed by atoms with Crippen molar-refractivity contribution in [2.24, 2.45) is 5.16 Å². The van der Waals surface area contributed by atoms with Gasteiger partial charge in [0, 0.05) is 11.5 Å². The molecule has 1 aromatic heterocycles. The molecule has 1 heterocycles. The van der Waals surface area contributed by atoms with Crippen LogP contribution in [0.5, 0.6) is 11.6 Å². The number of hydrogen-bond donors (Lipinski definition) is 1. The number of oxime groups is 1. The number of hydrogen-bond acceptors (Lipinski definition) is 5. The SMILES string of the molecule is C=CCOc1nc2cc(OC)ccc2cc1/C=N\O. The fourth-order valence-electron chi connectivity index (χ4n) is 1.68. The molecule has 5 heteroatoms. The second kappa shape index (κ2) is 5.86. The van der Waals surface area contributed by atoms with Gasteiger partial charge in [0.2, 0.25) is 5.88 Å². The molecule has 2 rings (SSSR count). The summed E-state index contributed by atoms with van der Waals surface area (Å²) in [6.07, 6.45) is 2.91. The van der Waals surface area contributed by atoms with E-state index in [-0.39, 0.29) is 0 Å². The van der Waals surface area contributed by atoms with Crippen LogP contribution in [0, 0.1) is 0 Å². The van der Waals surface area contributed by atoms with Gasteiger partial charge in [0.15, 0.2) is 0 Å². The molecule has 0 saturated heterocycles. The Hall–Kier alpha value is -2.56. The number of pyridine rings is 1. The number of rotatable bonds is 5. The summed E-state index contributed by atoms with van der Waals surface area (Å²) in [6, 6.07) is 7.37.